The number of rotatable bonds is 6. The van der Waals surface area contributed by atoms with Crippen LogP contribution in [0.4, 0.5) is 0 Å². The molecular formula is C15H17NO3. The van der Waals surface area contributed by atoms with Gasteiger partial charge in [0, 0.05) is 0 Å². The summed E-state index contributed by atoms with van der Waals surface area (Å²) in [6.07, 6.45) is 5.86. The zero-order chi connectivity index (χ0) is 14.3. The van der Waals surface area contributed by atoms with Crippen molar-refractivity contribution in [2.75, 3.05) is 0 Å². The van der Waals surface area contributed by atoms with Crippen LogP contribution in [0.25, 0.3) is 0 Å². The second-order valence-corrected chi connectivity index (χ2v) is 4.23. The Morgan fingerprint density at radius 2 is 2.00 bits per heavy atom. The predicted octanol–water partition coefficient (Wildman–Crippen LogP) is 1.46. The molecule has 4 heteroatoms. The first-order valence-electron chi connectivity index (χ1n) is 6.10. The van der Waals surface area contributed by atoms with Gasteiger partial charge in [-0.15, -0.1) is 6.42 Å². The summed E-state index contributed by atoms with van der Waals surface area (Å²) < 4.78 is 0. The lowest BCUT2D eigenvalue weighted by atomic mass is 9.97. The van der Waals surface area contributed by atoms with Crippen molar-refractivity contribution in [2.45, 2.75) is 25.8 Å². The molecule has 2 N–H and O–H groups in total. The molecule has 0 heterocycles. The molecule has 0 aromatic heterocycles. The largest absolute Gasteiger partial charge is 0.481 e. The molecule has 0 saturated heterocycles. The zero-order valence-electron chi connectivity index (χ0n) is 10.8. The van der Waals surface area contributed by atoms with Crippen LogP contribution in [0.15, 0.2) is 30.3 Å². The summed E-state index contributed by atoms with van der Waals surface area (Å²) in [5, 5.41) is 11.6. The summed E-state index contributed by atoms with van der Waals surface area (Å²) in [6.45, 7) is 1.73. The van der Waals surface area contributed by atoms with Crippen molar-refractivity contribution in [3.8, 4) is 12.3 Å². The van der Waals surface area contributed by atoms with E-state index in [4.69, 9.17) is 11.5 Å². The number of hydrogen-bond acceptors (Lipinski definition) is 2. The molecule has 19 heavy (non-hydrogen) atoms. The van der Waals surface area contributed by atoms with Crippen molar-refractivity contribution >= 4 is 11.9 Å². The maximum Gasteiger partial charge on any atom is 0.309 e. The van der Waals surface area contributed by atoms with E-state index in [1.54, 1.807) is 6.92 Å². The third kappa shape index (κ3) is 4.47. The molecule has 1 unspecified atom stereocenters. The average Bonchev–Trinajstić information content (AvgIpc) is 2.39. The van der Waals surface area contributed by atoms with Gasteiger partial charge in [0.2, 0.25) is 5.91 Å². The minimum Gasteiger partial charge on any atom is -0.481 e. The maximum absolute atomic E-state index is 11.8. The lowest BCUT2D eigenvalue weighted by Gasteiger charge is -2.19. The monoisotopic (exact) mass is 259 g/mol. The van der Waals surface area contributed by atoms with Crippen molar-refractivity contribution in [3.63, 3.8) is 0 Å². The molecule has 0 aliphatic carbocycles. The van der Waals surface area contributed by atoms with Gasteiger partial charge < -0.3 is 10.4 Å². The van der Waals surface area contributed by atoms with Gasteiger partial charge in [-0.3, -0.25) is 9.59 Å². The molecule has 0 aliphatic rings. The van der Waals surface area contributed by atoms with Crippen molar-refractivity contribution in [1.29, 1.82) is 0 Å². The standard InChI is InChI=1S/C15H17NO3/c1-3-12(15(18)19)13(4-2)16-14(17)10-11-8-6-5-7-9-11/h2,5-9,12-13H,3,10H2,1H3,(H,16,17)(H,18,19)/t12-,13?/m0/s1. The molecular weight excluding hydrogens is 242 g/mol. The van der Waals surface area contributed by atoms with E-state index in [0.717, 1.165) is 5.56 Å². The van der Waals surface area contributed by atoms with Crippen molar-refractivity contribution < 1.29 is 14.7 Å². The number of amides is 1. The Labute approximate surface area is 112 Å². The Hall–Kier alpha value is -2.28. The third-order valence-electron chi connectivity index (χ3n) is 2.86. The van der Waals surface area contributed by atoms with Crippen LogP contribution in [0.2, 0.25) is 0 Å². The van der Waals surface area contributed by atoms with Crippen LogP contribution < -0.4 is 5.32 Å². The Morgan fingerprint density at radius 3 is 2.47 bits per heavy atom. The lowest BCUT2D eigenvalue weighted by molar-refractivity contribution is -0.142. The molecule has 1 aromatic carbocycles. The van der Waals surface area contributed by atoms with Gasteiger partial charge >= 0.3 is 5.97 Å². The molecule has 100 valence electrons. The normalized spacial score (nSPS) is 13.1. The van der Waals surface area contributed by atoms with Gasteiger partial charge in [0.25, 0.3) is 0 Å². The van der Waals surface area contributed by atoms with Crippen LogP contribution >= 0.6 is 0 Å². The van der Waals surface area contributed by atoms with Crippen LogP contribution in [0.1, 0.15) is 18.9 Å². The van der Waals surface area contributed by atoms with Crippen molar-refractivity contribution in [2.24, 2.45) is 5.92 Å². The lowest BCUT2D eigenvalue weighted by Crippen LogP contribution is -2.42. The summed E-state index contributed by atoms with van der Waals surface area (Å²) >= 11 is 0. The number of aliphatic carboxylic acids is 1. The second-order valence-electron chi connectivity index (χ2n) is 4.23. The van der Waals surface area contributed by atoms with Crippen LogP contribution in [0.5, 0.6) is 0 Å². The number of carbonyl (C=O) groups excluding carboxylic acids is 1. The predicted molar refractivity (Wildman–Crippen MR) is 72.3 cm³/mol. The van der Waals surface area contributed by atoms with Gasteiger partial charge in [0.05, 0.1) is 12.3 Å². The minimum absolute atomic E-state index is 0.190. The number of benzene rings is 1. The molecule has 1 aromatic rings. The van der Waals surface area contributed by atoms with Gasteiger partial charge in [0.15, 0.2) is 0 Å². The molecule has 4 nitrogen and oxygen atoms in total. The number of carboxylic acids is 1. The number of carbonyl (C=O) groups is 2. The number of hydrogen-bond donors (Lipinski definition) is 2. The molecule has 1 rings (SSSR count). The highest BCUT2D eigenvalue weighted by atomic mass is 16.4. The van der Waals surface area contributed by atoms with Crippen LogP contribution in [-0.4, -0.2) is 23.0 Å². The molecule has 1 amide bonds. The topological polar surface area (TPSA) is 66.4 Å². The van der Waals surface area contributed by atoms with Crippen LogP contribution in [0.3, 0.4) is 0 Å². The highest BCUT2D eigenvalue weighted by Gasteiger charge is 2.26. The van der Waals surface area contributed by atoms with E-state index >= 15 is 0 Å². The Bertz CT molecular complexity index is 476. The summed E-state index contributed by atoms with van der Waals surface area (Å²) in [6, 6.07) is 8.43. The third-order valence-corrected chi connectivity index (χ3v) is 2.86. The van der Waals surface area contributed by atoms with Crippen LogP contribution in [0, 0.1) is 18.3 Å². The highest BCUT2D eigenvalue weighted by Crippen LogP contribution is 2.09. The number of nitrogens with one attached hydrogen (secondary N) is 1. The fraction of sp³-hybridized carbons (Fsp3) is 0.333. The van der Waals surface area contributed by atoms with E-state index in [9.17, 15) is 9.59 Å². The molecule has 0 bridgehead atoms. The summed E-state index contributed by atoms with van der Waals surface area (Å²) in [5.41, 5.74) is 0.860. The van der Waals surface area contributed by atoms with Gasteiger partial charge in [-0.1, -0.05) is 43.2 Å². The van der Waals surface area contributed by atoms with Crippen molar-refractivity contribution in [3.05, 3.63) is 35.9 Å². The van der Waals surface area contributed by atoms with Crippen LogP contribution in [-0.2, 0) is 16.0 Å². The average molecular weight is 259 g/mol. The molecule has 0 radical (unpaired) electrons. The van der Waals surface area contributed by atoms with Gasteiger partial charge in [-0.2, -0.15) is 0 Å². The van der Waals surface area contributed by atoms with E-state index in [1.165, 1.54) is 0 Å². The summed E-state index contributed by atoms with van der Waals surface area (Å²) in [7, 11) is 0. The molecule has 0 fully saturated rings. The second kappa shape index (κ2) is 7.22. The van der Waals surface area contributed by atoms with E-state index in [1.807, 2.05) is 30.3 Å². The first kappa shape index (κ1) is 14.8. The minimum atomic E-state index is -0.995. The van der Waals surface area contributed by atoms with Gasteiger partial charge in [0.1, 0.15) is 6.04 Å². The zero-order valence-corrected chi connectivity index (χ0v) is 10.8. The van der Waals surface area contributed by atoms with Gasteiger partial charge in [-0.25, -0.2) is 0 Å². The highest BCUT2D eigenvalue weighted by molar-refractivity contribution is 5.80. The number of carboxylic acid groups (broad SMARTS) is 1. The Morgan fingerprint density at radius 1 is 1.37 bits per heavy atom. The summed E-state index contributed by atoms with van der Waals surface area (Å²) in [5.74, 6) is 0.314. The fourth-order valence-electron chi connectivity index (χ4n) is 1.82. The molecule has 2 atom stereocenters. The summed E-state index contributed by atoms with van der Waals surface area (Å²) in [4.78, 5) is 22.8. The van der Waals surface area contributed by atoms with Gasteiger partial charge in [-0.05, 0) is 12.0 Å². The van der Waals surface area contributed by atoms with Crippen molar-refractivity contribution in [1.82, 2.24) is 5.32 Å². The fourth-order valence-corrected chi connectivity index (χ4v) is 1.82. The first-order valence-corrected chi connectivity index (χ1v) is 6.10. The Kier molecular flexibility index (Phi) is 5.62. The quantitative estimate of drug-likeness (QED) is 0.760. The molecule has 0 aliphatic heterocycles. The SMILES string of the molecule is C#CC(NC(=O)Cc1ccccc1)[C@H](CC)C(=O)O. The van der Waals surface area contributed by atoms with E-state index in [0.29, 0.717) is 6.42 Å². The smallest absolute Gasteiger partial charge is 0.309 e. The van der Waals surface area contributed by atoms with E-state index < -0.39 is 17.9 Å². The van der Waals surface area contributed by atoms with E-state index in [2.05, 4.69) is 11.2 Å². The molecule has 0 spiro atoms. The first-order chi connectivity index (χ1) is 9.08. The van der Waals surface area contributed by atoms with E-state index in [-0.39, 0.29) is 12.3 Å². The molecule has 0 saturated carbocycles. The number of terminal acetylenes is 1. The Balaban J connectivity index is 2.64. The maximum atomic E-state index is 11.8.